The maximum Gasteiger partial charge on any atom is 0.165 e. The van der Waals surface area contributed by atoms with Gasteiger partial charge in [-0.1, -0.05) is 13.8 Å². The Balaban J connectivity index is 2.65. The van der Waals surface area contributed by atoms with Gasteiger partial charge in [0.25, 0.3) is 0 Å². The largest absolute Gasteiger partial charge is 0.493 e. The van der Waals surface area contributed by atoms with Crippen molar-refractivity contribution < 1.29 is 9.47 Å². The van der Waals surface area contributed by atoms with Crippen molar-refractivity contribution in [3.8, 4) is 11.5 Å². The predicted molar refractivity (Wildman–Crippen MR) is 82.8 cm³/mol. The monoisotopic (exact) mass is 277 g/mol. The van der Waals surface area contributed by atoms with Crippen LogP contribution in [0.5, 0.6) is 11.5 Å². The zero-order chi connectivity index (χ0) is 14.9. The number of benzene rings is 1. The van der Waals surface area contributed by atoms with Gasteiger partial charge in [-0.2, -0.15) is 0 Å². The number of fused-ring (bicyclic) bond motifs is 1. The molecule has 1 aromatic rings. The molecule has 0 aliphatic heterocycles. The van der Waals surface area contributed by atoms with Gasteiger partial charge >= 0.3 is 0 Å². The van der Waals surface area contributed by atoms with Crippen LogP contribution in [-0.4, -0.2) is 21.3 Å². The highest BCUT2D eigenvalue weighted by Gasteiger charge is 2.33. The van der Waals surface area contributed by atoms with E-state index in [1.165, 1.54) is 23.1 Å². The topological polar surface area (TPSA) is 30.5 Å². The minimum absolute atomic E-state index is 0.311. The van der Waals surface area contributed by atoms with E-state index >= 15 is 0 Å². The molecule has 0 amide bonds. The van der Waals surface area contributed by atoms with Gasteiger partial charge in [0, 0.05) is 11.6 Å². The van der Waals surface area contributed by atoms with Crippen LogP contribution in [0.2, 0.25) is 0 Å². The van der Waals surface area contributed by atoms with Crippen LogP contribution in [0.1, 0.15) is 49.4 Å². The van der Waals surface area contributed by atoms with E-state index in [0.717, 1.165) is 24.3 Å². The van der Waals surface area contributed by atoms with E-state index in [0.29, 0.717) is 11.5 Å². The van der Waals surface area contributed by atoms with E-state index in [-0.39, 0.29) is 0 Å². The first-order chi connectivity index (χ1) is 9.43. The number of nitrogens with one attached hydrogen (secondary N) is 1. The van der Waals surface area contributed by atoms with Crippen molar-refractivity contribution in [2.75, 3.05) is 21.3 Å². The second kappa shape index (κ2) is 5.65. The van der Waals surface area contributed by atoms with E-state index < -0.39 is 0 Å². The molecule has 1 aliphatic rings. The van der Waals surface area contributed by atoms with E-state index in [2.05, 4.69) is 32.2 Å². The van der Waals surface area contributed by atoms with Crippen LogP contribution < -0.4 is 14.8 Å². The molecule has 1 atom stereocenters. The second-order valence-electron chi connectivity index (χ2n) is 6.53. The Kier molecular flexibility index (Phi) is 4.28. The zero-order valence-electron chi connectivity index (χ0n) is 13.6. The van der Waals surface area contributed by atoms with E-state index in [9.17, 15) is 0 Å². The summed E-state index contributed by atoms with van der Waals surface area (Å²) in [5.74, 6) is 1.73. The average molecular weight is 277 g/mol. The summed E-state index contributed by atoms with van der Waals surface area (Å²) >= 11 is 0. The van der Waals surface area contributed by atoms with Crippen LogP contribution in [0.4, 0.5) is 0 Å². The highest BCUT2D eigenvalue weighted by atomic mass is 16.5. The Labute approximate surface area is 122 Å². The SMILES string of the molecule is CNC1CC(C)(C)CCc2c(C)cc(OC)c(OC)c21. The lowest BCUT2D eigenvalue weighted by Gasteiger charge is -2.28. The molecule has 1 aliphatic carbocycles. The van der Waals surface area contributed by atoms with E-state index in [1.54, 1.807) is 14.2 Å². The maximum atomic E-state index is 5.68. The van der Waals surface area contributed by atoms with Gasteiger partial charge in [0.1, 0.15) is 0 Å². The summed E-state index contributed by atoms with van der Waals surface area (Å²) in [6.45, 7) is 6.87. The van der Waals surface area contributed by atoms with Crippen molar-refractivity contribution >= 4 is 0 Å². The normalized spacial score (nSPS) is 21.0. The summed E-state index contributed by atoms with van der Waals surface area (Å²) < 4.78 is 11.2. The Morgan fingerprint density at radius 3 is 2.50 bits per heavy atom. The predicted octanol–water partition coefficient (Wildman–Crippen LogP) is 3.64. The van der Waals surface area contributed by atoms with Crippen LogP contribution in [0.3, 0.4) is 0 Å². The highest BCUT2D eigenvalue weighted by Crippen LogP contribution is 2.47. The first-order valence-electron chi connectivity index (χ1n) is 7.35. The Morgan fingerprint density at radius 1 is 1.25 bits per heavy atom. The summed E-state index contributed by atoms with van der Waals surface area (Å²) in [5, 5.41) is 3.47. The molecule has 0 fully saturated rings. The summed E-state index contributed by atoms with van der Waals surface area (Å²) in [4.78, 5) is 0. The number of hydrogen-bond donors (Lipinski definition) is 1. The Hall–Kier alpha value is -1.22. The molecule has 1 unspecified atom stereocenters. The van der Waals surface area contributed by atoms with E-state index in [4.69, 9.17) is 9.47 Å². The molecule has 0 saturated carbocycles. The fourth-order valence-electron chi connectivity index (χ4n) is 3.36. The molecule has 20 heavy (non-hydrogen) atoms. The molecule has 3 heteroatoms. The molecular weight excluding hydrogens is 250 g/mol. The van der Waals surface area contributed by atoms with Gasteiger partial charge in [-0.15, -0.1) is 0 Å². The number of hydrogen-bond acceptors (Lipinski definition) is 3. The molecule has 1 aromatic carbocycles. The van der Waals surface area contributed by atoms with Crippen LogP contribution >= 0.6 is 0 Å². The molecule has 0 heterocycles. The lowest BCUT2D eigenvalue weighted by atomic mass is 9.83. The smallest absolute Gasteiger partial charge is 0.165 e. The zero-order valence-corrected chi connectivity index (χ0v) is 13.6. The molecule has 0 saturated heterocycles. The molecule has 0 radical (unpaired) electrons. The third kappa shape index (κ3) is 2.64. The standard InChI is InChI=1S/C17H27NO2/c1-11-9-14(19-5)16(20-6)15-12(11)7-8-17(2,3)10-13(15)18-4/h9,13,18H,7-8,10H2,1-6H3. The number of rotatable bonds is 3. The highest BCUT2D eigenvalue weighted by molar-refractivity contribution is 5.56. The molecule has 3 nitrogen and oxygen atoms in total. The van der Waals surface area contributed by atoms with Crippen LogP contribution in [0, 0.1) is 12.3 Å². The minimum Gasteiger partial charge on any atom is -0.493 e. The Bertz CT molecular complexity index is 494. The van der Waals surface area contributed by atoms with Gasteiger partial charge in [0.15, 0.2) is 11.5 Å². The molecule has 1 N–H and O–H groups in total. The lowest BCUT2D eigenvalue weighted by Crippen LogP contribution is -2.23. The molecule has 0 bridgehead atoms. The number of methoxy groups -OCH3 is 2. The lowest BCUT2D eigenvalue weighted by molar-refractivity contribution is 0.275. The first kappa shape index (κ1) is 15.2. The molecule has 2 rings (SSSR count). The molecule has 112 valence electrons. The van der Waals surface area contributed by atoms with Crippen molar-refractivity contribution in [2.24, 2.45) is 5.41 Å². The quantitative estimate of drug-likeness (QED) is 0.856. The van der Waals surface area contributed by atoms with Crippen molar-refractivity contribution in [2.45, 2.75) is 46.1 Å². The van der Waals surface area contributed by atoms with Gasteiger partial charge in [-0.3, -0.25) is 0 Å². The fourth-order valence-corrected chi connectivity index (χ4v) is 3.36. The van der Waals surface area contributed by atoms with Crippen molar-refractivity contribution in [3.63, 3.8) is 0 Å². The van der Waals surface area contributed by atoms with Gasteiger partial charge in [0.2, 0.25) is 0 Å². The van der Waals surface area contributed by atoms with Gasteiger partial charge in [0.05, 0.1) is 14.2 Å². The van der Waals surface area contributed by atoms with Crippen LogP contribution in [-0.2, 0) is 6.42 Å². The van der Waals surface area contributed by atoms with Crippen molar-refractivity contribution in [1.82, 2.24) is 5.32 Å². The Morgan fingerprint density at radius 2 is 1.95 bits per heavy atom. The summed E-state index contributed by atoms with van der Waals surface area (Å²) in [6, 6.07) is 2.41. The van der Waals surface area contributed by atoms with E-state index in [1.807, 2.05) is 7.05 Å². The van der Waals surface area contributed by atoms with Crippen LogP contribution in [0.15, 0.2) is 6.07 Å². The second-order valence-corrected chi connectivity index (χ2v) is 6.53. The van der Waals surface area contributed by atoms with Crippen molar-refractivity contribution in [3.05, 3.63) is 22.8 Å². The third-order valence-electron chi connectivity index (χ3n) is 4.55. The number of ether oxygens (including phenoxy) is 2. The van der Waals surface area contributed by atoms with Gasteiger partial charge in [-0.25, -0.2) is 0 Å². The number of aryl methyl sites for hydroxylation is 1. The van der Waals surface area contributed by atoms with Crippen molar-refractivity contribution in [1.29, 1.82) is 0 Å². The third-order valence-corrected chi connectivity index (χ3v) is 4.55. The molecule has 0 spiro atoms. The summed E-state index contributed by atoms with van der Waals surface area (Å²) in [6.07, 6.45) is 3.42. The summed E-state index contributed by atoms with van der Waals surface area (Å²) in [5.41, 5.74) is 4.35. The fraction of sp³-hybridized carbons (Fsp3) is 0.647. The minimum atomic E-state index is 0.311. The average Bonchev–Trinajstić information content (AvgIpc) is 2.55. The van der Waals surface area contributed by atoms with Crippen LogP contribution in [0.25, 0.3) is 0 Å². The molecule has 0 aromatic heterocycles. The first-order valence-corrected chi connectivity index (χ1v) is 7.35. The van der Waals surface area contributed by atoms with Gasteiger partial charge in [-0.05, 0) is 55.8 Å². The summed E-state index contributed by atoms with van der Waals surface area (Å²) in [7, 11) is 5.47. The molecular formula is C17H27NO2. The maximum absolute atomic E-state index is 5.68. The van der Waals surface area contributed by atoms with Gasteiger partial charge < -0.3 is 14.8 Å².